The number of nitrogens with zero attached hydrogens (tertiary/aromatic N) is 1. The van der Waals surface area contributed by atoms with Crippen LogP contribution >= 0.6 is 0 Å². The van der Waals surface area contributed by atoms with E-state index in [1.54, 1.807) is 26.0 Å². The van der Waals surface area contributed by atoms with Crippen LogP contribution in [0.4, 0.5) is 4.79 Å². The molecule has 3 rings (SSSR count). The maximum atomic E-state index is 12.6. The normalized spacial score (nSPS) is 13.8. The highest BCUT2D eigenvalue weighted by Crippen LogP contribution is 2.23. The number of amides is 4. The Morgan fingerprint density at radius 3 is 2.03 bits per heavy atom. The molecule has 0 fully saturated rings. The number of carbonyl (C=O) groups excluding carboxylic acids is 4. The van der Waals surface area contributed by atoms with Gasteiger partial charge in [-0.15, -0.1) is 0 Å². The van der Waals surface area contributed by atoms with Gasteiger partial charge in [0.2, 0.25) is 0 Å². The molecule has 0 saturated heterocycles. The Morgan fingerprint density at radius 1 is 0.931 bits per heavy atom. The van der Waals surface area contributed by atoms with Crippen LogP contribution in [0, 0.1) is 5.92 Å². The molecule has 4 amide bonds. The summed E-state index contributed by atoms with van der Waals surface area (Å²) in [6.07, 6.45) is 0. The molecular weight excluding hydrogens is 374 g/mol. The van der Waals surface area contributed by atoms with Gasteiger partial charge in [0, 0.05) is 6.54 Å². The fourth-order valence-electron chi connectivity index (χ4n) is 2.87. The number of urea groups is 1. The summed E-state index contributed by atoms with van der Waals surface area (Å²) in [4.78, 5) is 54.5. The largest absolute Gasteiger partial charge is 0.355 e. The first-order valence-corrected chi connectivity index (χ1v) is 9.16. The fourth-order valence-corrected chi connectivity index (χ4v) is 2.87. The van der Waals surface area contributed by atoms with Gasteiger partial charge in [-0.2, -0.15) is 0 Å². The monoisotopic (exact) mass is 395 g/mol. The van der Waals surface area contributed by atoms with Gasteiger partial charge in [0.1, 0.15) is 6.04 Å². The summed E-state index contributed by atoms with van der Waals surface area (Å²) in [5, 5.41) is 5.63. The van der Waals surface area contributed by atoms with Crippen molar-refractivity contribution in [3.8, 4) is 0 Å². The summed E-state index contributed by atoms with van der Waals surface area (Å²) in [5.74, 6) is -2.66. The summed E-state index contributed by atoms with van der Waals surface area (Å²) in [6.45, 7) is 3.71. The highest BCUT2D eigenvalue weighted by Gasteiger charge is 2.40. The average Bonchev–Trinajstić information content (AvgIpc) is 2.96. The molecule has 0 radical (unpaired) electrons. The molecule has 8 heteroatoms. The molecule has 2 aromatic carbocycles. The van der Waals surface area contributed by atoms with E-state index in [2.05, 4.69) is 10.6 Å². The Bertz CT molecular complexity index is 907. The van der Waals surface area contributed by atoms with Crippen LogP contribution < -0.4 is 10.6 Å². The molecule has 29 heavy (non-hydrogen) atoms. The van der Waals surface area contributed by atoms with E-state index in [0.29, 0.717) is 5.06 Å². The molecule has 2 aromatic rings. The lowest BCUT2D eigenvalue weighted by Gasteiger charge is -2.22. The van der Waals surface area contributed by atoms with Crippen LogP contribution in [0.25, 0.3) is 0 Å². The molecule has 1 unspecified atom stereocenters. The van der Waals surface area contributed by atoms with Gasteiger partial charge in [0.05, 0.1) is 11.1 Å². The van der Waals surface area contributed by atoms with E-state index in [0.717, 1.165) is 5.56 Å². The molecule has 2 N–H and O–H groups in total. The molecular formula is C21H21N3O5. The minimum atomic E-state index is -1.05. The molecule has 1 aliphatic heterocycles. The van der Waals surface area contributed by atoms with Crippen molar-refractivity contribution >= 4 is 23.8 Å². The number of nitrogens with one attached hydrogen (secondary N) is 2. The van der Waals surface area contributed by atoms with Gasteiger partial charge in [-0.25, -0.2) is 9.59 Å². The minimum Gasteiger partial charge on any atom is -0.334 e. The van der Waals surface area contributed by atoms with Crippen LogP contribution in [-0.2, 0) is 16.2 Å². The van der Waals surface area contributed by atoms with Gasteiger partial charge in [-0.3, -0.25) is 9.59 Å². The van der Waals surface area contributed by atoms with Crippen molar-refractivity contribution in [3.05, 3.63) is 71.3 Å². The molecule has 0 bridgehead atoms. The van der Waals surface area contributed by atoms with Crippen molar-refractivity contribution in [2.75, 3.05) is 0 Å². The van der Waals surface area contributed by atoms with Crippen LogP contribution in [0.5, 0.6) is 0 Å². The lowest BCUT2D eigenvalue weighted by atomic mass is 10.1. The SMILES string of the molecule is CC(C)C(NC(=O)NCc1ccccc1)C(=O)ON1C(=O)c2ccccc2C1=O. The number of hydrogen-bond donors (Lipinski definition) is 2. The van der Waals surface area contributed by atoms with Gasteiger partial charge in [-0.1, -0.05) is 61.4 Å². The second kappa shape index (κ2) is 8.55. The van der Waals surface area contributed by atoms with E-state index < -0.39 is 29.9 Å². The summed E-state index contributed by atoms with van der Waals surface area (Å²) < 4.78 is 0. The van der Waals surface area contributed by atoms with Gasteiger partial charge >= 0.3 is 12.0 Å². The molecule has 0 spiro atoms. The second-order valence-corrected chi connectivity index (χ2v) is 6.89. The van der Waals surface area contributed by atoms with E-state index in [9.17, 15) is 19.2 Å². The number of hydroxylamine groups is 2. The van der Waals surface area contributed by atoms with Crippen LogP contribution in [0.3, 0.4) is 0 Å². The third-order valence-corrected chi connectivity index (χ3v) is 4.44. The average molecular weight is 395 g/mol. The van der Waals surface area contributed by atoms with E-state index in [1.807, 2.05) is 30.3 Å². The Labute approximate surface area is 167 Å². The van der Waals surface area contributed by atoms with Crippen LogP contribution in [-0.4, -0.2) is 34.9 Å². The van der Waals surface area contributed by atoms with Crippen LogP contribution in [0.2, 0.25) is 0 Å². The van der Waals surface area contributed by atoms with Gasteiger partial charge in [-0.05, 0) is 23.6 Å². The Kier molecular flexibility index (Phi) is 5.92. The highest BCUT2D eigenvalue weighted by atomic mass is 16.7. The third-order valence-electron chi connectivity index (χ3n) is 4.44. The standard InChI is InChI=1S/C21H21N3O5/c1-13(2)17(23-21(28)22-12-14-8-4-3-5-9-14)20(27)29-24-18(25)15-10-6-7-11-16(15)19(24)26/h3-11,13,17H,12H2,1-2H3,(H2,22,23,28). The molecule has 150 valence electrons. The van der Waals surface area contributed by atoms with Crippen molar-refractivity contribution < 1.29 is 24.0 Å². The molecule has 1 atom stereocenters. The van der Waals surface area contributed by atoms with Gasteiger partial charge in [0.15, 0.2) is 0 Å². The Hall–Kier alpha value is -3.68. The maximum absolute atomic E-state index is 12.6. The highest BCUT2D eigenvalue weighted by molar-refractivity contribution is 6.20. The number of rotatable bonds is 6. The molecule has 0 saturated carbocycles. The lowest BCUT2D eigenvalue weighted by molar-refractivity contribution is -0.172. The zero-order valence-electron chi connectivity index (χ0n) is 16.0. The number of imide groups is 1. The summed E-state index contributed by atoms with van der Waals surface area (Å²) in [6, 6.07) is 13.9. The first-order chi connectivity index (χ1) is 13.9. The van der Waals surface area contributed by atoms with Crippen LogP contribution in [0.15, 0.2) is 54.6 Å². The number of hydrogen-bond acceptors (Lipinski definition) is 5. The van der Waals surface area contributed by atoms with E-state index in [1.165, 1.54) is 12.1 Å². The van der Waals surface area contributed by atoms with E-state index >= 15 is 0 Å². The van der Waals surface area contributed by atoms with Gasteiger partial charge < -0.3 is 15.5 Å². The topological polar surface area (TPSA) is 105 Å². The molecule has 0 aliphatic carbocycles. The number of carbonyl (C=O) groups is 4. The zero-order valence-corrected chi connectivity index (χ0v) is 16.0. The third kappa shape index (κ3) is 4.43. The van der Waals surface area contributed by atoms with Crippen molar-refractivity contribution in [1.29, 1.82) is 0 Å². The molecule has 1 heterocycles. The van der Waals surface area contributed by atoms with Gasteiger partial charge in [0.25, 0.3) is 11.8 Å². The minimum absolute atomic E-state index is 0.167. The van der Waals surface area contributed by atoms with Crippen molar-refractivity contribution in [2.24, 2.45) is 5.92 Å². The first-order valence-electron chi connectivity index (χ1n) is 9.16. The van der Waals surface area contributed by atoms with Crippen molar-refractivity contribution in [1.82, 2.24) is 15.7 Å². The number of benzene rings is 2. The quantitative estimate of drug-likeness (QED) is 0.730. The summed E-state index contributed by atoms with van der Waals surface area (Å²) in [7, 11) is 0. The second-order valence-electron chi connectivity index (χ2n) is 6.89. The van der Waals surface area contributed by atoms with Crippen molar-refractivity contribution in [3.63, 3.8) is 0 Å². The van der Waals surface area contributed by atoms with E-state index in [4.69, 9.17) is 4.84 Å². The fraction of sp³-hybridized carbons (Fsp3) is 0.238. The number of fused-ring (bicyclic) bond motifs is 1. The van der Waals surface area contributed by atoms with Crippen LogP contribution in [0.1, 0.15) is 40.1 Å². The Balaban J connectivity index is 1.62. The maximum Gasteiger partial charge on any atom is 0.355 e. The first kappa shape index (κ1) is 20.1. The Morgan fingerprint density at radius 2 is 1.48 bits per heavy atom. The summed E-state index contributed by atoms with van der Waals surface area (Å²) in [5.41, 5.74) is 1.23. The smallest absolute Gasteiger partial charge is 0.334 e. The molecule has 8 nitrogen and oxygen atoms in total. The van der Waals surface area contributed by atoms with Crippen molar-refractivity contribution in [2.45, 2.75) is 26.4 Å². The summed E-state index contributed by atoms with van der Waals surface area (Å²) >= 11 is 0. The molecule has 0 aromatic heterocycles. The lowest BCUT2D eigenvalue weighted by Crippen LogP contribution is -2.51. The predicted octanol–water partition coefficient (Wildman–Crippen LogP) is 2.26. The zero-order chi connectivity index (χ0) is 21.0. The molecule has 1 aliphatic rings. The predicted molar refractivity (Wildman–Crippen MR) is 103 cm³/mol. The van der Waals surface area contributed by atoms with E-state index in [-0.39, 0.29) is 23.6 Å².